The third-order valence-electron chi connectivity index (χ3n) is 5.52. The molecule has 0 N–H and O–H groups in total. The van der Waals surface area contributed by atoms with Crippen molar-refractivity contribution in [1.82, 2.24) is 14.7 Å². The van der Waals surface area contributed by atoms with Crippen LogP contribution in [0.2, 0.25) is 10.0 Å². The number of ether oxygens (including phenoxy) is 1. The first-order chi connectivity index (χ1) is 16.0. The highest BCUT2D eigenvalue weighted by atomic mass is 35.5. The Bertz CT molecular complexity index is 1190. The number of carbonyl (C=O) groups excluding carboxylic acids is 1. The molecule has 0 atom stereocenters. The second-order valence-corrected chi connectivity index (χ2v) is 8.40. The Morgan fingerprint density at radius 3 is 2.42 bits per heavy atom. The number of carbonyl (C=O) groups is 1. The number of aromatic nitrogens is 2. The molecule has 172 valence electrons. The molecule has 1 aromatic heterocycles. The second-order valence-electron chi connectivity index (χ2n) is 7.61. The molecule has 2 aromatic carbocycles. The molecule has 7 nitrogen and oxygen atoms in total. The van der Waals surface area contributed by atoms with Gasteiger partial charge in [0.15, 0.2) is 0 Å². The smallest absolute Gasteiger partial charge is 0.267 e. The SMILES string of the molecule is CCOc1ccc(-c2ccc(=O)n(CC(=O)N3CCN(c4cccc(Cl)c4Cl)CC3)n2)cc1. The first kappa shape index (κ1) is 23.1. The Balaban J connectivity index is 1.42. The molecule has 1 aliphatic rings. The molecule has 9 heteroatoms. The highest BCUT2D eigenvalue weighted by Crippen LogP contribution is 2.32. The first-order valence-electron chi connectivity index (χ1n) is 10.7. The summed E-state index contributed by atoms with van der Waals surface area (Å²) in [6, 6.07) is 16.1. The lowest BCUT2D eigenvalue weighted by Gasteiger charge is -2.36. The van der Waals surface area contributed by atoms with Crippen LogP contribution in [-0.2, 0) is 11.3 Å². The minimum atomic E-state index is -0.317. The maximum absolute atomic E-state index is 12.9. The van der Waals surface area contributed by atoms with Crippen molar-refractivity contribution in [1.29, 1.82) is 0 Å². The van der Waals surface area contributed by atoms with Crippen LogP contribution in [0.25, 0.3) is 11.3 Å². The van der Waals surface area contributed by atoms with Gasteiger partial charge in [-0.05, 0) is 49.4 Å². The van der Waals surface area contributed by atoms with Gasteiger partial charge in [-0.3, -0.25) is 9.59 Å². The van der Waals surface area contributed by atoms with E-state index in [0.717, 1.165) is 17.0 Å². The number of benzene rings is 2. The lowest BCUT2D eigenvalue weighted by Crippen LogP contribution is -2.50. The quantitative estimate of drug-likeness (QED) is 0.527. The third-order valence-corrected chi connectivity index (χ3v) is 6.33. The number of halogens is 2. The zero-order chi connectivity index (χ0) is 23.4. The minimum Gasteiger partial charge on any atom is -0.494 e. The molecule has 0 radical (unpaired) electrons. The van der Waals surface area contributed by atoms with E-state index in [2.05, 4.69) is 10.00 Å². The summed E-state index contributed by atoms with van der Waals surface area (Å²) in [4.78, 5) is 29.1. The molecule has 0 aliphatic carbocycles. The number of anilines is 1. The molecule has 2 heterocycles. The molecule has 33 heavy (non-hydrogen) atoms. The van der Waals surface area contributed by atoms with Gasteiger partial charge in [0, 0.05) is 37.8 Å². The van der Waals surface area contributed by atoms with Gasteiger partial charge in [-0.25, -0.2) is 4.68 Å². The van der Waals surface area contributed by atoms with Gasteiger partial charge in [0.25, 0.3) is 5.56 Å². The normalized spacial score (nSPS) is 13.8. The maximum Gasteiger partial charge on any atom is 0.267 e. The average molecular weight is 487 g/mol. The largest absolute Gasteiger partial charge is 0.494 e. The number of piperazine rings is 1. The van der Waals surface area contributed by atoms with E-state index in [0.29, 0.717) is 48.5 Å². The molecule has 4 rings (SSSR count). The van der Waals surface area contributed by atoms with Crippen LogP contribution < -0.4 is 15.2 Å². The number of hydrogen-bond acceptors (Lipinski definition) is 5. The van der Waals surface area contributed by atoms with Crippen LogP contribution in [0.5, 0.6) is 5.75 Å². The van der Waals surface area contributed by atoms with Gasteiger partial charge in [0.05, 0.1) is 28.0 Å². The standard InChI is InChI=1S/C24H24Cl2N4O3/c1-2-33-18-8-6-17(7-9-18)20-10-11-22(31)30(27-20)16-23(32)29-14-12-28(13-15-29)21-5-3-4-19(25)24(21)26/h3-11H,2,12-16H2,1H3. The molecule has 1 fully saturated rings. The highest BCUT2D eigenvalue weighted by Gasteiger charge is 2.23. The summed E-state index contributed by atoms with van der Waals surface area (Å²) in [7, 11) is 0. The van der Waals surface area contributed by atoms with E-state index in [1.807, 2.05) is 43.3 Å². The second kappa shape index (κ2) is 10.3. The molecule has 3 aromatic rings. The topological polar surface area (TPSA) is 67.7 Å². The van der Waals surface area contributed by atoms with Crippen molar-refractivity contribution in [3.8, 4) is 17.0 Å². The average Bonchev–Trinajstić information content (AvgIpc) is 2.83. The predicted octanol–water partition coefficient (Wildman–Crippen LogP) is 3.96. The molecule has 1 saturated heterocycles. The zero-order valence-electron chi connectivity index (χ0n) is 18.2. The van der Waals surface area contributed by atoms with E-state index in [-0.39, 0.29) is 18.0 Å². The monoisotopic (exact) mass is 486 g/mol. The third kappa shape index (κ3) is 5.31. The summed E-state index contributed by atoms with van der Waals surface area (Å²) in [5, 5.41) is 5.43. The number of rotatable bonds is 6. The van der Waals surface area contributed by atoms with Crippen molar-refractivity contribution in [2.45, 2.75) is 13.5 Å². The van der Waals surface area contributed by atoms with E-state index in [4.69, 9.17) is 27.9 Å². The number of hydrogen-bond donors (Lipinski definition) is 0. The Kier molecular flexibility index (Phi) is 7.20. The molecule has 1 aliphatic heterocycles. The van der Waals surface area contributed by atoms with Crippen LogP contribution in [0.1, 0.15) is 6.92 Å². The molecule has 0 saturated carbocycles. The summed E-state index contributed by atoms with van der Waals surface area (Å²) in [6.45, 7) is 4.70. The zero-order valence-corrected chi connectivity index (χ0v) is 19.7. The Morgan fingerprint density at radius 2 is 1.73 bits per heavy atom. The van der Waals surface area contributed by atoms with Gasteiger partial charge in [-0.1, -0.05) is 29.3 Å². The summed E-state index contributed by atoms with van der Waals surface area (Å²) in [5.74, 6) is 0.619. The van der Waals surface area contributed by atoms with Gasteiger partial charge in [0.1, 0.15) is 12.3 Å². The molecular formula is C24H24Cl2N4O3. The summed E-state index contributed by atoms with van der Waals surface area (Å²) >= 11 is 12.5. The Hall–Kier alpha value is -3.03. The van der Waals surface area contributed by atoms with Crippen molar-refractivity contribution in [2.75, 3.05) is 37.7 Å². The summed E-state index contributed by atoms with van der Waals surface area (Å²) < 4.78 is 6.68. The van der Waals surface area contributed by atoms with E-state index >= 15 is 0 Å². The van der Waals surface area contributed by atoms with Gasteiger partial charge in [0.2, 0.25) is 5.91 Å². The van der Waals surface area contributed by atoms with Crippen molar-refractivity contribution in [3.05, 3.63) is 75.0 Å². The molecule has 0 unspecified atom stereocenters. The lowest BCUT2D eigenvalue weighted by atomic mass is 10.1. The fourth-order valence-electron chi connectivity index (χ4n) is 3.77. The van der Waals surface area contributed by atoms with Gasteiger partial charge in [-0.2, -0.15) is 5.10 Å². The van der Waals surface area contributed by atoms with Crippen molar-refractivity contribution >= 4 is 34.8 Å². The van der Waals surface area contributed by atoms with Crippen LogP contribution in [0.4, 0.5) is 5.69 Å². The maximum atomic E-state index is 12.9. The van der Waals surface area contributed by atoms with Crippen LogP contribution in [0, 0.1) is 0 Å². The van der Waals surface area contributed by atoms with Crippen molar-refractivity contribution < 1.29 is 9.53 Å². The van der Waals surface area contributed by atoms with Crippen LogP contribution in [0.15, 0.2) is 59.4 Å². The van der Waals surface area contributed by atoms with E-state index in [1.165, 1.54) is 10.7 Å². The van der Waals surface area contributed by atoms with Crippen molar-refractivity contribution in [2.24, 2.45) is 0 Å². The number of nitrogens with zero attached hydrogens (tertiary/aromatic N) is 4. The fraction of sp³-hybridized carbons (Fsp3) is 0.292. The highest BCUT2D eigenvalue weighted by molar-refractivity contribution is 6.43. The molecule has 0 bridgehead atoms. The van der Waals surface area contributed by atoms with Gasteiger partial charge < -0.3 is 14.5 Å². The number of amides is 1. The molecule has 1 amide bonds. The summed E-state index contributed by atoms with van der Waals surface area (Å²) in [6.07, 6.45) is 0. The van der Waals surface area contributed by atoms with E-state index < -0.39 is 0 Å². The minimum absolute atomic E-state index is 0.109. The van der Waals surface area contributed by atoms with Crippen LogP contribution >= 0.6 is 23.2 Å². The summed E-state index contributed by atoms with van der Waals surface area (Å²) in [5.41, 5.74) is 2.00. The molecular weight excluding hydrogens is 463 g/mol. The molecule has 0 spiro atoms. The predicted molar refractivity (Wildman–Crippen MR) is 130 cm³/mol. The van der Waals surface area contributed by atoms with E-state index in [9.17, 15) is 9.59 Å². The van der Waals surface area contributed by atoms with Gasteiger partial charge >= 0.3 is 0 Å². The Morgan fingerprint density at radius 1 is 1.00 bits per heavy atom. The van der Waals surface area contributed by atoms with Crippen LogP contribution in [-0.4, -0.2) is 53.4 Å². The van der Waals surface area contributed by atoms with E-state index in [1.54, 1.807) is 17.0 Å². The van der Waals surface area contributed by atoms with Crippen LogP contribution in [0.3, 0.4) is 0 Å². The lowest BCUT2D eigenvalue weighted by molar-refractivity contribution is -0.132. The van der Waals surface area contributed by atoms with Crippen molar-refractivity contribution in [3.63, 3.8) is 0 Å². The fourth-order valence-corrected chi connectivity index (χ4v) is 4.18. The first-order valence-corrected chi connectivity index (χ1v) is 11.5. The van der Waals surface area contributed by atoms with Gasteiger partial charge in [-0.15, -0.1) is 0 Å². The Labute approximate surface area is 202 Å².